The molecule has 0 atom stereocenters. The van der Waals surface area contributed by atoms with Crippen LogP contribution in [0.25, 0.3) is 0 Å². The van der Waals surface area contributed by atoms with E-state index in [1.54, 1.807) is 12.1 Å². The van der Waals surface area contributed by atoms with Crippen molar-refractivity contribution in [2.75, 3.05) is 0 Å². The highest BCUT2D eigenvalue weighted by molar-refractivity contribution is 5.25. The number of hydrogen-bond acceptors (Lipinski definition) is 8. The van der Waals surface area contributed by atoms with Crippen LogP contribution in [0.2, 0.25) is 0 Å². The van der Waals surface area contributed by atoms with Crippen molar-refractivity contribution in [1.82, 2.24) is 30.8 Å². The molecule has 0 unspecified atom stereocenters. The van der Waals surface area contributed by atoms with E-state index in [4.69, 9.17) is 0 Å². The largest absolute Gasteiger partial charge is 0.199 e. The van der Waals surface area contributed by atoms with E-state index in [1.165, 1.54) is 12.4 Å². The minimum absolute atomic E-state index is 0.360. The van der Waals surface area contributed by atoms with E-state index in [1.807, 2.05) is 0 Å². The van der Waals surface area contributed by atoms with Crippen LogP contribution in [0.1, 0.15) is 0 Å². The van der Waals surface area contributed by atoms with Crippen LogP contribution in [-0.4, -0.2) is 30.8 Å². The molecule has 8 nitrogen and oxygen atoms in total. The SMILES string of the molecule is c1cc(N=Nc2ccnnn2)nnn1. The maximum atomic E-state index is 3.76. The molecule has 2 heterocycles. The van der Waals surface area contributed by atoms with Gasteiger partial charge in [-0.2, -0.15) is 0 Å². The van der Waals surface area contributed by atoms with Crippen molar-refractivity contribution in [1.29, 1.82) is 0 Å². The number of nitrogens with zero attached hydrogens (tertiary/aromatic N) is 8. The third kappa shape index (κ3) is 2.06. The highest BCUT2D eigenvalue weighted by atomic mass is 15.4. The zero-order valence-electron chi connectivity index (χ0n) is 6.89. The van der Waals surface area contributed by atoms with Gasteiger partial charge in [0.1, 0.15) is 0 Å². The zero-order valence-corrected chi connectivity index (χ0v) is 6.89. The normalized spacial score (nSPS) is 10.6. The molecule has 68 valence electrons. The van der Waals surface area contributed by atoms with Gasteiger partial charge in [-0.25, -0.2) is 0 Å². The van der Waals surface area contributed by atoms with Gasteiger partial charge in [-0.15, -0.1) is 30.6 Å². The maximum Gasteiger partial charge on any atom is 0.199 e. The fourth-order valence-electron chi connectivity index (χ4n) is 0.679. The van der Waals surface area contributed by atoms with E-state index in [9.17, 15) is 0 Å². The first-order chi connectivity index (χ1) is 6.95. The lowest BCUT2D eigenvalue weighted by Gasteiger charge is -1.87. The smallest absolute Gasteiger partial charge is 0.139 e. The first kappa shape index (κ1) is 8.23. The zero-order chi connectivity index (χ0) is 9.64. The second kappa shape index (κ2) is 4.03. The van der Waals surface area contributed by atoms with Crippen LogP contribution < -0.4 is 0 Å². The van der Waals surface area contributed by atoms with Gasteiger partial charge in [-0.3, -0.25) is 0 Å². The monoisotopic (exact) mass is 188 g/mol. The van der Waals surface area contributed by atoms with Crippen LogP contribution in [0.5, 0.6) is 0 Å². The molecule has 0 N–H and O–H groups in total. The molecular formula is C6H4N8. The van der Waals surface area contributed by atoms with Crippen molar-refractivity contribution in [2.24, 2.45) is 10.2 Å². The molecule has 14 heavy (non-hydrogen) atoms. The van der Waals surface area contributed by atoms with Gasteiger partial charge in [0.2, 0.25) is 0 Å². The summed E-state index contributed by atoms with van der Waals surface area (Å²) in [6.07, 6.45) is 2.94. The van der Waals surface area contributed by atoms with E-state index in [2.05, 4.69) is 41.0 Å². The molecule has 0 radical (unpaired) electrons. The number of aromatic nitrogens is 6. The molecule has 2 aromatic rings. The fraction of sp³-hybridized carbons (Fsp3) is 0. The Hall–Kier alpha value is -2.38. The molecule has 0 bridgehead atoms. The molecule has 0 saturated heterocycles. The maximum absolute atomic E-state index is 3.76. The van der Waals surface area contributed by atoms with E-state index >= 15 is 0 Å². The molecule has 0 aliphatic rings. The Morgan fingerprint density at radius 2 is 1.29 bits per heavy atom. The summed E-state index contributed by atoms with van der Waals surface area (Å²) >= 11 is 0. The molecule has 2 rings (SSSR count). The van der Waals surface area contributed by atoms with E-state index in [0.29, 0.717) is 11.6 Å². The summed E-state index contributed by atoms with van der Waals surface area (Å²) in [5.41, 5.74) is 0. The Labute approximate surface area is 78.1 Å². The Kier molecular flexibility index (Phi) is 2.37. The molecule has 0 fully saturated rings. The molecule has 0 saturated carbocycles. The van der Waals surface area contributed by atoms with Crippen molar-refractivity contribution in [3.63, 3.8) is 0 Å². The van der Waals surface area contributed by atoms with Crippen molar-refractivity contribution >= 4 is 11.6 Å². The summed E-state index contributed by atoms with van der Waals surface area (Å²) in [6.45, 7) is 0. The molecule has 0 aliphatic carbocycles. The molecule has 0 amide bonds. The van der Waals surface area contributed by atoms with Crippen molar-refractivity contribution in [3.05, 3.63) is 24.5 Å². The molecular weight excluding hydrogens is 184 g/mol. The van der Waals surface area contributed by atoms with Crippen LogP contribution >= 0.6 is 0 Å². The summed E-state index contributed by atoms with van der Waals surface area (Å²) in [7, 11) is 0. The standard InChI is InChI=1S/C6H4N8/c1-3-7-13-11-5(1)9-10-6-2-4-8-14-12-6/h1-4H. The minimum Gasteiger partial charge on any atom is -0.139 e. The lowest BCUT2D eigenvalue weighted by molar-refractivity contribution is 0.841. The second-order valence-electron chi connectivity index (χ2n) is 2.16. The lowest BCUT2D eigenvalue weighted by atomic mass is 10.6. The van der Waals surface area contributed by atoms with Gasteiger partial charge in [-0.05, 0) is 10.4 Å². The number of azo groups is 1. The first-order valence-electron chi connectivity index (χ1n) is 3.65. The summed E-state index contributed by atoms with van der Waals surface area (Å²) in [4.78, 5) is 0. The lowest BCUT2D eigenvalue weighted by Crippen LogP contribution is -1.84. The fourth-order valence-corrected chi connectivity index (χ4v) is 0.679. The number of hydrogen-bond donors (Lipinski definition) is 0. The Morgan fingerprint density at radius 1 is 0.786 bits per heavy atom. The summed E-state index contributed by atoms with van der Waals surface area (Å²) < 4.78 is 0. The van der Waals surface area contributed by atoms with E-state index in [-0.39, 0.29) is 0 Å². The predicted octanol–water partition coefficient (Wildman–Crippen LogP) is 0.472. The van der Waals surface area contributed by atoms with Gasteiger partial charge < -0.3 is 0 Å². The predicted molar refractivity (Wildman–Crippen MR) is 43.8 cm³/mol. The van der Waals surface area contributed by atoms with Gasteiger partial charge in [-0.1, -0.05) is 0 Å². The average Bonchev–Trinajstić information content (AvgIpc) is 2.29. The topological polar surface area (TPSA) is 102 Å². The Balaban J connectivity index is 2.16. The van der Waals surface area contributed by atoms with Crippen molar-refractivity contribution in [2.45, 2.75) is 0 Å². The van der Waals surface area contributed by atoms with Crippen LogP contribution in [0.3, 0.4) is 0 Å². The summed E-state index contributed by atoms with van der Waals surface area (Å²) in [5, 5.41) is 28.5. The molecule has 0 spiro atoms. The van der Waals surface area contributed by atoms with Crippen LogP contribution in [0, 0.1) is 0 Å². The van der Waals surface area contributed by atoms with Gasteiger partial charge in [0.15, 0.2) is 11.6 Å². The molecule has 0 aliphatic heterocycles. The molecule has 0 aromatic carbocycles. The van der Waals surface area contributed by atoms with E-state index in [0.717, 1.165) is 0 Å². The Morgan fingerprint density at radius 3 is 1.64 bits per heavy atom. The van der Waals surface area contributed by atoms with Gasteiger partial charge in [0.25, 0.3) is 0 Å². The highest BCUT2D eigenvalue weighted by Crippen LogP contribution is 2.09. The first-order valence-corrected chi connectivity index (χ1v) is 3.65. The van der Waals surface area contributed by atoms with E-state index < -0.39 is 0 Å². The summed E-state index contributed by atoms with van der Waals surface area (Å²) in [6, 6.07) is 3.15. The van der Waals surface area contributed by atoms with Crippen molar-refractivity contribution < 1.29 is 0 Å². The van der Waals surface area contributed by atoms with Crippen molar-refractivity contribution in [3.8, 4) is 0 Å². The third-order valence-electron chi connectivity index (χ3n) is 1.23. The van der Waals surface area contributed by atoms with Crippen LogP contribution in [-0.2, 0) is 0 Å². The Bertz CT molecular complexity index is 371. The quantitative estimate of drug-likeness (QED) is 0.634. The molecule has 2 aromatic heterocycles. The van der Waals surface area contributed by atoms with Gasteiger partial charge in [0.05, 0.1) is 12.4 Å². The number of rotatable bonds is 2. The average molecular weight is 188 g/mol. The minimum atomic E-state index is 0.360. The van der Waals surface area contributed by atoms with Gasteiger partial charge >= 0.3 is 0 Å². The van der Waals surface area contributed by atoms with Crippen LogP contribution in [0.15, 0.2) is 34.8 Å². The second-order valence-corrected chi connectivity index (χ2v) is 2.16. The highest BCUT2D eigenvalue weighted by Gasteiger charge is 1.91. The summed E-state index contributed by atoms with van der Waals surface area (Å²) in [5.74, 6) is 0.720. The van der Waals surface area contributed by atoms with Crippen LogP contribution in [0.4, 0.5) is 11.6 Å². The molecule has 8 heteroatoms. The third-order valence-corrected chi connectivity index (χ3v) is 1.23. The van der Waals surface area contributed by atoms with Gasteiger partial charge in [0, 0.05) is 12.1 Å².